The first kappa shape index (κ1) is 13.3. The van der Waals surface area contributed by atoms with Crippen molar-refractivity contribution in [2.24, 2.45) is 0 Å². The maximum Gasteiger partial charge on any atom is 0.185 e. The zero-order valence-corrected chi connectivity index (χ0v) is 12.5. The molecule has 0 bridgehead atoms. The van der Waals surface area contributed by atoms with Crippen molar-refractivity contribution in [1.82, 2.24) is 15.0 Å². The van der Waals surface area contributed by atoms with Gasteiger partial charge in [0.15, 0.2) is 5.75 Å². The smallest absolute Gasteiger partial charge is 0.185 e. The number of rotatable bonds is 5. The van der Waals surface area contributed by atoms with E-state index in [1.807, 2.05) is 12.1 Å². The summed E-state index contributed by atoms with van der Waals surface area (Å²) in [6.07, 6.45) is 5.55. The molecule has 104 valence electrons. The minimum absolute atomic E-state index is 0.187. The molecule has 0 aliphatic rings. The van der Waals surface area contributed by atoms with Crippen molar-refractivity contribution in [1.29, 1.82) is 0 Å². The van der Waals surface area contributed by atoms with Crippen molar-refractivity contribution in [2.45, 2.75) is 0 Å². The van der Waals surface area contributed by atoms with Crippen LogP contribution in [0, 0.1) is 0 Å². The first-order valence-corrected chi connectivity index (χ1v) is 8.35. The van der Waals surface area contributed by atoms with Crippen molar-refractivity contribution >= 4 is 39.3 Å². The number of H-pyrrole nitrogens is 1. The van der Waals surface area contributed by atoms with Gasteiger partial charge >= 0.3 is 0 Å². The van der Waals surface area contributed by atoms with Gasteiger partial charge in [-0.15, -0.1) is 0 Å². The summed E-state index contributed by atoms with van der Waals surface area (Å²) in [6, 6.07) is 3.83. The van der Waals surface area contributed by atoms with Gasteiger partial charge in [0.25, 0.3) is 0 Å². The first-order valence-electron chi connectivity index (χ1n) is 6.14. The Labute approximate surface area is 124 Å². The molecule has 3 rings (SSSR count). The molecule has 3 aromatic rings. The molecule has 0 aromatic carbocycles. The maximum atomic E-state index is 10.2. The molecule has 0 saturated carbocycles. The highest BCUT2D eigenvalue weighted by Crippen LogP contribution is 2.38. The third-order valence-electron chi connectivity index (χ3n) is 2.84. The minimum Gasteiger partial charge on any atom is -0.503 e. The molecule has 0 radical (unpaired) electrons. The van der Waals surface area contributed by atoms with Crippen LogP contribution in [0.1, 0.15) is 0 Å². The molecule has 3 heterocycles. The number of hydrogen-bond acceptors (Lipinski definition) is 6. The lowest BCUT2D eigenvalue weighted by molar-refractivity contribution is 0.482. The molecule has 3 N–H and O–H groups in total. The third-order valence-corrected chi connectivity index (χ3v) is 4.48. The van der Waals surface area contributed by atoms with E-state index < -0.39 is 0 Å². The number of thiazole rings is 1. The number of thioether (sulfide) groups is 1. The number of aromatic amines is 1. The topological polar surface area (TPSA) is 73.8 Å². The lowest BCUT2D eigenvalue weighted by Gasteiger charge is -2.02. The average molecular weight is 306 g/mol. The molecule has 0 unspecified atom stereocenters. The van der Waals surface area contributed by atoms with Gasteiger partial charge in [-0.25, -0.2) is 4.98 Å². The van der Waals surface area contributed by atoms with Crippen LogP contribution in [0.25, 0.3) is 20.9 Å². The fourth-order valence-electron chi connectivity index (χ4n) is 1.88. The van der Waals surface area contributed by atoms with Gasteiger partial charge in [-0.3, -0.25) is 4.98 Å². The number of hydrogen-bond donors (Lipinski definition) is 3. The Kier molecular flexibility index (Phi) is 3.79. The summed E-state index contributed by atoms with van der Waals surface area (Å²) in [5.41, 5.74) is 1.57. The van der Waals surface area contributed by atoms with E-state index in [1.165, 1.54) is 11.3 Å². The van der Waals surface area contributed by atoms with Crippen molar-refractivity contribution in [3.05, 3.63) is 24.5 Å². The Morgan fingerprint density at radius 2 is 2.40 bits per heavy atom. The fraction of sp³-hybridized carbons (Fsp3) is 0.231. The number of pyridine rings is 1. The Bertz CT molecular complexity index is 708. The summed E-state index contributed by atoms with van der Waals surface area (Å²) in [4.78, 5) is 12.6. The normalized spacial score (nSPS) is 11.1. The molecule has 3 aromatic heterocycles. The third kappa shape index (κ3) is 2.46. The van der Waals surface area contributed by atoms with Gasteiger partial charge in [0, 0.05) is 30.3 Å². The second-order valence-electron chi connectivity index (χ2n) is 4.21. The highest BCUT2D eigenvalue weighted by atomic mass is 32.2. The molecule has 0 spiro atoms. The lowest BCUT2D eigenvalue weighted by atomic mass is 10.3. The Morgan fingerprint density at radius 3 is 3.10 bits per heavy atom. The van der Waals surface area contributed by atoms with Gasteiger partial charge in [0.1, 0.15) is 21.2 Å². The Morgan fingerprint density at radius 1 is 1.50 bits per heavy atom. The zero-order chi connectivity index (χ0) is 13.9. The first-order chi connectivity index (χ1) is 9.79. The summed E-state index contributed by atoms with van der Waals surface area (Å²) in [6.45, 7) is 0.804. The molecule has 0 atom stereocenters. The van der Waals surface area contributed by atoms with E-state index in [0.29, 0.717) is 11.3 Å². The van der Waals surface area contributed by atoms with Gasteiger partial charge in [-0.2, -0.15) is 11.8 Å². The van der Waals surface area contributed by atoms with Crippen LogP contribution in [0.2, 0.25) is 0 Å². The monoisotopic (exact) mass is 306 g/mol. The molecule has 0 aliphatic carbocycles. The molecule has 20 heavy (non-hydrogen) atoms. The van der Waals surface area contributed by atoms with Crippen LogP contribution >= 0.6 is 23.1 Å². The van der Waals surface area contributed by atoms with Gasteiger partial charge < -0.3 is 15.4 Å². The highest BCUT2D eigenvalue weighted by Gasteiger charge is 2.16. The van der Waals surface area contributed by atoms with Gasteiger partial charge in [0.05, 0.1) is 0 Å². The van der Waals surface area contributed by atoms with E-state index in [0.717, 1.165) is 27.7 Å². The fourth-order valence-corrected chi connectivity index (χ4v) is 3.14. The van der Waals surface area contributed by atoms with Gasteiger partial charge in [-0.05, 0) is 18.4 Å². The van der Waals surface area contributed by atoms with Crippen LogP contribution in [-0.2, 0) is 0 Å². The van der Waals surface area contributed by atoms with E-state index in [4.69, 9.17) is 0 Å². The van der Waals surface area contributed by atoms with Gasteiger partial charge in [-0.1, -0.05) is 11.3 Å². The predicted molar refractivity (Wildman–Crippen MR) is 85.7 cm³/mol. The molecule has 0 amide bonds. The van der Waals surface area contributed by atoms with E-state index in [-0.39, 0.29) is 5.75 Å². The van der Waals surface area contributed by atoms with E-state index >= 15 is 0 Å². The molecular weight excluding hydrogens is 292 g/mol. The number of fused-ring (bicyclic) bond motifs is 1. The molecular formula is C13H14N4OS2. The largest absolute Gasteiger partial charge is 0.503 e. The van der Waals surface area contributed by atoms with Crippen molar-refractivity contribution in [3.8, 4) is 16.3 Å². The summed E-state index contributed by atoms with van der Waals surface area (Å²) < 4.78 is 0. The lowest BCUT2D eigenvalue weighted by Crippen LogP contribution is -2.03. The summed E-state index contributed by atoms with van der Waals surface area (Å²) in [5.74, 6) is 1.82. The van der Waals surface area contributed by atoms with Crippen LogP contribution in [-0.4, -0.2) is 38.6 Å². The van der Waals surface area contributed by atoms with E-state index in [2.05, 4.69) is 26.5 Å². The second kappa shape index (κ2) is 5.72. The quantitative estimate of drug-likeness (QED) is 0.631. The molecule has 0 aliphatic heterocycles. The van der Waals surface area contributed by atoms with Crippen molar-refractivity contribution in [3.63, 3.8) is 0 Å². The summed E-state index contributed by atoms with van der Waals surface area (Å²) >= 11 is 3.27. The number of nitrogens with one attached hydrogen (secondary N) is 2. The van der Waals surface area contributed by atoms with Crippen molar-refractivity contribution in [2.75, 3.05) is 23.9 Å². The van der Waals surface area contributed by atoms with Crippen LogP contribution in [0.4, 0.5) is 5.82 Å². The summed E-state index contributed by atoms with van der Waals surface area (Å²) in [7, 11) is 0. The summed E-state index contributed by atoms with van der Waals surface area (Å²) in [5, 5.41) is 14.2. The van der Waals surface area contributed by atoms with Crippen molar-refractivity contribution < 1.29 is 5.11 Å². The van der Waals surface area contributed by atoms with Gasteiger partial charge in [0.2, 0.25) is 0 Å². The number of nitrogens with zero attached hydrogens (tertiary/aromatic N) is 2. The predicted octanol–water partition coefficient (Wildman–Crippen LogP) is 3.17. The van der Waals surface area contributed by atoms with Crippen LogP contribution in [0.15, 0.2) is 24.5 Å². The number of aromatic hydroxyl groups is 1. The van der Waals surface area contributed by atoms with E-state index in [9.17, 15) is 5.11 Å². The average Bonchev–Trinajstić information content (AvgIpc) is 3.01. The van der Waals surface area contributed by atoms with E-state index in [1.54, 1.807) is 24.2 Å². The molecule has 7 heteroatoms. The Hall–Kier alpha value is -1.73. The number of anilines is 1. The SMILES string of the molecule is CSCCNc1[nH]c2sc(-c3cccnc3)nc2c1O. The standard InChI is InChI=1S/C13H14N4OS2/c1-19-6-5-15-11-10(18)9-13(17-11)20-12(16-9)8-3-2-4-14-7-8/h2-4,7,15,17-18H,5-6H2,1H3. The zero-order valence-electron chi connectivity index (χ0n) is 10.9. The highest BCUT2D eigenvalue weighted by molar-refractivity contribution is 7.98. The second-order valence-corrected chi connectivity index (χ2v) is 6.19. The van der Waals surface area contributed by atoms with Crippen LogP contribution in [0.5, 0.6) is 5.75 Å². The van der Waals surface area contributed by atoms with Crippen LogP contribution in [0.3, 0.4) is 0 Å². The minimum atomic E-state index is 0.187. The molecule has 0 saturated heterocycles. The molecule has 5 nitrogen and oxygen atoms in total. The maximum absolute atomic E-state index is 10.2. The Balaban J connectivity index is 1.90. The number of aromatic nitrogens is 3. The van der Waals surface area contributed by atoms with Crippen LogP contribution < -0.4 is 5.32 Å². The molecule has 0 fully saturated rings.